The molecule has 7 heteroatoms. The van der Waals surface area contributed by atoms with Gasteiger partial charge in [-0.3, -0.25) is 9.36 Å². The topological polar surface area (TPSA) is 56.2 Å². The van der Waals surface area contributed by atoms with Gasteiger partial charge in [0.1, 0.15) is 5.75 Å². The summed E-state index contributed by atoms with van der Waals surface area (Å²) in [4.78, 5) is 17.5. The Bertz CT molecular complexity index is 800. The van der Waals surface area contributed by atoms with Crippen LogP contribution >= 0.6 is 23.1 Å². The van der Waals surface area contributed by atoms with Crippen molar-refractivity contribution in [3.05, 3.63) is 59.0 Å². The van der Waals surface area contributed by atoms with Gasteiger partial charge >= 0.3 is 0 Å². The zero-order valence-corrected chi connectivity index (χ0v) is 14.8. The van der Waals surface area contributed by atoms with E-state index < -0.39 is 0 Å². The molecule has 0 saturated carbocycles. The molecule has 5 nitrogen and oxygen atoms in total. The third kappa shape index (κ3) is 4.18. The van der Waals surface area contributed by atoms with Crippen molar-refractivity contribution < 1.29 is 9.53 Å². The summed E-state index contributed by atoms with van der Waals surface area (Å²) in [6, 6.07) is 11.7. The highest BCUT2D eigenvalue weighted by molar-refractivity contribution is 7.99. The van der Waals surface area contributed by atoms with Crippen molar-refractivity contribution >= 4 is 29.0 Å². The number of methoxy groups -OCH3 is 1. The van der Waals surface area contributed by atoms with E-state index >= 15 is 0 Å². The summed E-state index contributed by atoms with van der Waals surface area (Å²) in [5.41, 5.74) is 0.952. The monoisotopic (exact) mass is 359 g/mol. The molecule has 0 aliphatic rings. The van der Waals surface area contributed by atoms with Gasteiger partial charge in [-0.15, -0.1) is 11.3 Å². The summed E-state index contributed by atoms with van der Waals surface area (Å²) in [5, 5.41) is 5.69. The Labute approximate surface area is 148 Å². The van der Waals surface area contributed by atoms with Crippen LogP contribution in [0.5, 0.6) is 5.75 Å². The minimum absolute atomic E-state index is 0.00593. The predicted molar refractivity (Wildman–Crippen MR) is 97.0 cm³/mol. The van der Waals surface area contributed by atoms with E-state index in [-0.39, 0.29) is 5.91 Å². The first-order valence-corrected chi connectivity index (χ1v) is 9.22. The summed E-state index contributed by atoms with van der Waals surface area (Å²) in [6.07, 6.45) is 3.60. The fourth-order valence-electron chi connectivity index (χ4n) is 2.13. The maximum absolute atomic E-state index is 12.0. The summed E-state index contributed by atoms with van der Waals surface area (Å²) in [7, 11) is 1.64. The van der Waals surface area contributed by atoms with Crippen LogP contribution in [0.3, 0.4) is 0 Å². The smallest absolute Gasteiger partial charge is 0.230 e. The third-order valence-corrected chi connectivity index (χ3v) is 5.15. The lowest BCUT2D eigenvalue weighted by Crippen LogP contribution is -2.24. The number of imidazole rings is 1. The third-order valence-electron chi connectivity index (χ3n) is 3.31. The Morgan fingerprint density at radius 3 is 3.08 bits per heavy atom. The molecule has 0 unspecified atom stereocenters. The van der Waals surface area contributed by atoms with E-state index in [1.807, 2.05) is 52.5 Å². The van der Waals surface area contributed by atoms with Gasteiger partial charge in [0.25, 0.3) is 0 Å². The number of nitrogens with one attached hydrogen (secondary N) is 1. The second kappa shape index (κ2) is 8.03. The number of thiophene rings is 1. The highest BCUT2D eigenvalue weighted by Crippen LogP contribution is 2.23. The molecule has 0 fully saturated rings. The fourth-order valence-corrected chi connectivity index (χ4v) is 3.58. The van der Waals surface area contributed by atoms with Crippen LogP contribution < -0.4 is 10.1 Å². The zero-order valence-electron chi connectivity index (χ0n) is 13.1. The number of aromatic nitrogens is 2. The zero-order chi connectivity index (χ0) is 16.8. The summed E-state index contributed by atoms with van der Waals surface area (Å²) >= 11 is 3.04. The van der Waals surface area contributed by atoms with E-state index in [0.29, 0.717) is 12.3 Å². The largest absolute Gasteiger partial charge is 0.497 e. The van der Waals surface area contributed by atoms with E-state index in [2.05, 4.69) is 10.3 Å². The van der Waals surface area contributed by atoms with Gasteiger partial charge in [-0.25, -0.2) is 4.98 Å². The molecule has 1 N–H and O–H groups in total. The molecule has 1 aromatic carbocycles. The number of hydrogen-bond acceptors (Lipinski definition) is 5. The highest BCUT2D eigenvalue weighted by Gasteiger charge is 2.09. The lowest BCUT2D eigenvalue weighted by molar-refractivity contribution is -0.118. The minimum atomic E-state index is -0.00593. The van der Waals surface area contributed by atoms with Crippen molar-refractivity contribution in [2.75, 3.05) is 12.9 Å². The molecule has 0 aliphatic carbocycles. The Kier molecular flexibility index (Phi) is 5.55. The van der Waals surface area contributed by atoms with Crippen molar-refractivity contribution in [2.24, 2.45) is 0 Å². The molecule has 0 radical (unpaired) electrons. The van der Waals surface area contributed by atoms with Gasteiger partial charge in [-0.2, -0.15) is 0 Å². The van der Waals surface area contributed by atoms with Crippen LogP contribution in [-0.2, 0) is 11.3 Å². The Balaban J connectivity index is 1.60. The molecule has 1 amide bonds. The Hall–Kier alpha value is -2.25. The van der Waals surface area contributed by atoms with Gasteiger partial charge in [0, 0.05) is 23.3 Å². The van der Waals surface area contributed by atoms with Crippen LogP contribution in [0.4, 0.5) is 0 Å². The normalized spacial score (nSPS) is 10.5. The average Bonchev–Trinajstić information content (AvgIpc) is 3.29. The van der Waals surface area contributed by atoms with Crippen LogP contribution in [0.15, 0.2) is 59.3 Å². The number of rotatable bonds is 7. The van der Waals surface area contributed by atoms with Gasteiger partial charge in [-0.05, 0) is 23.6 Å². The van der Waals surface area contributed by atoms with Crippen molar-refractivity contribution in [3.8, 4) is 11.4 Å². The predicted octanol–water partition coefficient (Wildman–Crippen LogP) is 3.35. The molecule has 0 atom stereocenters. The molecule has 3 aromatic rings. The standard InChI is InChI=1S/C17H17N3O2S2/c1-22-14-5-2-4-13(10-14)20-8-7-18-17(20)24-12-16(21)19-11-15-6-3-9-23-15/h2-10H,11-12H2,1H3,(H,19,21). The van der Waals surface area contributed by atoms with E-state index in [1.165, 1.54) is 11.8 Å². The van der Waals surface area contributed by atoms with Crippen molar-refractivity contribution in [2.45, 2.75) is 11.7 Å². The van der Waals surface area contributed by atoms with Crippen molar-refractivity contribution in [1.82, 2.24) is 14.9 Å². The second-order valence-corrected chi connectivity index (χ2v) is 6.90. The average molecular weight is 359 g/mol. The first-order chi connectivity index (χ1) is 11.8. The number of hydrogen-bond donors (Lipinski definition) is 1. The second-order valence-electron chi connectivity index (χ2n) is 4.93. The first-order valence-electron chi connectivity index (χ1n) is 7.36. The number of amides is 1. The fraction of sp³-hybridized carbons (Fsp3) is 0.176. The molecule has 0 spiro atoms. The summed E-state index contributed by atoms with van der Waals surface area (Å²) in [6.45, 7) is 0.571. The number of benzene rings is 1. The van der Waals surface area contributed by atoms with Gasteiger partial charge < -0.3 is 10.1 Å². The van der Waals surface area contributed by atoms with Crippen LogP contribution in [0.1, 0.15) is 4.88 Å². The van der Waals surface area contributed by atoms with Gasteiger partial charge in [0.05, 0.1) is 25.1 Å². The lowest BCUT2D eigenvalue weighted by atomic mass is 10.3. The molecule has 3 rings (SSSR count). The summed E-state index contributed by atoms with van der Waals surface area (Å²) in [5.74, 6) is 1.10. The molecule has 24 heavy (non-hydrogen) atoms. The molecule has 0 bridgehead atoms. The quantitative estimate of drug-likeness (QED) is 0.657. The molecule has 124 valence electrons. The summed E-state index contributed by atoms with van der Waals surface area (Å²) < 4.78 is 7.20. The number of carbonyl (C=O) groups excluding carboxylic acids is 1. The number of thioether (sulfide) groups is 1. The molecule has 2 aromatic heterocycles. The first kappa shape index (κ1) is 16.6. The lowest BCUT2D eigenvalue weighted by Gasteiger charge is -2.09. The molecular weight excluding hydrogens is 342 g/mol. The van der Waals surface area contributed by atoms with Crippen LogP contribution in [-0.4, -0.2) is 28.3 Å². The van der Waals surface area contributed by atoms with Crippen LogP contribution in [0, 0.1) is 0 Å². The highest BCUT2D eigenvalue weighted by atomic mass is 32.2. The molecule has 0 aliphatic heterocycles. The van der Waals surface area contributed by atoms with E-state index in [4.69, 9.17) is 4.74 Å². The minimum Gasteiger partial charge on any atom is -0.497 e. The van der Waals surface area contributed by atoms with Gasteiger partial charge in [0.15, 0.2) is 5.16 Å². The van der Waals surface area contributed by atoms with Gasteiger partial charge in [-0.1, -0.05) is 23.9 Å². The van der Waals surface area contributed by atoms with Crippen LogP contribution in [0.25, 0.3) is 5.69 Å². The molecular formula is C17H17N3O2S2. The maximum atomic E-state index is 12.0. The maximum Gasteiger partial charge on any atom is 0.230 e. The van der Waals surface area contributed by atoms with Crippen molar-refractivity contribution in [1.29, 1.82) is 0 Å². The Morgan fingerprint density at radius 2 is 2.29 bits per heavy atom. The SMILES string of the molecule is COc1cccc(-n2ccnc2SCC(=O)NCc2cccs2)c1. The van der Waals surface area contributed by atoms with Crippen LogP contribution in [0.2, 0.25) is 0 Å². The van der Waals surface area contributed by atoms with E-state index in [1.54, 1.807) is 24.6 Å². The number of nitrogens with zero attached hydrogens (tertiary/aromatic N) is 2. The van der Waals surface area contributed by atoms with E-state index in [9.17, 15) is 4.79 Å². The Morgan fingerprint density at radius 1 is 1.38 bits per heavy atom. The molecule has 0 saturated heterocycles. The number of carbonyl (C=O) groups is 1. The van der Waals surface area contributed by atoms with E-state index in [0.717, 1.165) is 21.5 Å². The number of ether oxygens (including phenoxy) is 1. The van der Waals surface area contributed by atoms with Crippen molar-refractivity contribution in [3.63, 3.8) is 0 Å². The molecule has 2 heterocycles. The van der Waals surface area contributed by atoms with Gasteiger partial charge in [0.2, 0.25) is 5.91 Å².